The van der Waals surface area contributed by atoms with E-state index in [1.165, 1.54) is 6.33 Å². The second-order valence-electron chi connectivity index (χ2n) is 3.35. The van der Waals surface area contributed by atoms with E-state index >= 15 is 0 Å². The minimum Gasteiger partial charge on any atom is -0.481 e. The first kappa shape index (κ1) is 10.9. The van der Waals surface area contributed by atoms with Gasteiger partial charge in [0.15, 0.2) is 0 Å². The maximum Gasteiger partial charge on any atom is 0.216 e. The number of nitrogens with zero attached hydrogens (tertiary/aromatic N) is 2. The van der Waals surface area contributed by atoms with E-state index < -0.39 is 0 Å². The average molecular weight is 195 g/mol. The largest absolute Gasteiger partial charge is 0.481 e. The number of hydrogen-bond acceptors (Lipinski definition) is 4. The Morgan fingerprint density at radius 1 is 1.50 bits per heavy atom. The van der Waals surface area contributed by atoms with Crippen molar-refractivity contribution >= 4 is 0 Å². The van der Waals surface area contributed by atoms with Gasteiger partial charge in [-0.2, -0.15) is 0 Å². The minimum atomic E-state index is 0.134. The number of nitrogens with two attached hydrogens (primary N) is 1. The molecule has 1 aromatic rings. The number of hydrogen-bond donors (Lipinski definition) is 1. The van der Waals surface area contributed by atoms with E-state index in [4.69, 9.17) is 10.5 Å². The van der Waals surface area contributed by atoms with Crippen LogP contribution in [0.3, 0.4) is 0 Å². The van der Waals surface area contributed by atoms with Crippen LogP contribution in [0.1, 0.15) is 31.9 Å². The van der Waals surface area contributed by atoms with Gasteiger partial charge < -0.3 is 10.5 Å². The van der Waals surface area contributed by atoms with Crippen molar-refractivity contribution in [2.45, 2.75) is 32.2 Å². The summed E-state index contributed by atoms with van der Waals surface area (Å²) >= 11 is 0. The van der Waals surface area contributed by atoms with Crippen LogP contribution >= 0.6 is 0 Å². The molecule has 0 bridgehead atoms. The lowest BCUT2D eigenvalue weighted by molar-refractivity contribution is 0.394. The zero-order valence-electron chi connectivity index (χ0n) is 8.90. The van der Waals surface area contributed by atoms with E-state index in [1.54, 1.807) is 7.11 Å². The Hall–Kier alpha value is -1.16. The van der Waals surface area contributed by atoms with Crippen LogP contribution in [-0.2, 0) is 0 Å². The number of aromatic nitrogens is 2. The predicted molar refractivity (Wildman–Crippen MR) is 55.3 cm³/mol. The lowest BCUT2D eigenvalue weighted by Gasteiger charge is -2.17. The van der Waals surface area contributed by atoms with Crippen LogP contribution < -0.4 is 10.5 Å². The Kier molecular flexibility index (Phi) is 3.83. The van der Waals surface area contributed by atoms with Crippen molar-refractivity contribution in [3.63, 3.8) is 0 Å². The quantitative estimate of drug-likeness (QED) is 0.787. The van der Waals surface area contributed by atoms with E-state index in [2.05, 4.69) is 23.8 Å². The van der Waals surface area contributed by atoms with Crippen LogP contribution in [0, 0.1) is 0 Å². The monoisotopic (exact) mass is 195 g/mol. The number of rotatable bonds is 4. The Bertz CT molecular complexity index is 290. The molecule has 0 aliphatic carbocycles. The number of ether oxygens (including phenoxy) is 1. The third kappa shape index (κ3) is 2.42. The molecule has 4 nitrogen and oxygen atoms in total. The van der Waals surface area contributed by atoms with E-state index in [1.807, 2.05) is 6.07 Å². The van der Waals surface area contributed by atoms with Crippen LogP contribution in [0.25, 0.3) is 0 Å². The van der Waals surface area contributed by atoms with Gasteiger partial charge in [0.2, 0.25) is 5.88 Å². The van der Waals surface area contributed by atoms with Gasteiger partial charge in [0.05, 0.1) is 12.8 Å². The third-order valence-corrected chi connectivity index (χ3v) is 2.45. The van der Waals surface area contributed by atoms with Crippen LogP contribution in [0.4, 0.5) is 0 Å². The molecule has 0 aliphatic rings. The van der Waals surface area contributed by atoms with Gasteiger partial charge in [-0.1, -0.05) is 13.8 Å². The van der Waals surface area contributed by atoms with Crippen molar-refractivity contribution in [3.05, 3.63) is 18.1 Å². The molecule has 2 atom stereocenters. The van der Waals surface area contributed by atoms with E-state index in [0.717, 1.165) is 12.1 Å². The molecular weight excluding hydrogens is 178 g/mol. The van der Waals surface area contributed by atoms with Gasteiger partial charge >= 0.3 is 0 Å². The van der Waals surface area contributed by atoms with E-state index in [0.29, 0.717) is 5.88 Å². The van der Waals surface area contributed by atoms with Gasteiger partial charge in [-0.05, 0) is 6.42 Å². The SMILES string of the molecule is CCC(N)C(C)c1cc(OC)ncn1. The zero-order valence-corrected chi connectivity index (χ0v) is 8.90. The molecule has 0 amide bonds. The maximum absolute atomic E-state index is 5.94. The summed E-state index contributed by atoms with van der Waals surface area (Å²) in [5.74, 6) is 0.821. The summed E-state index contributed by atoms with van der Waals surface area (Å²) in [7, 11) is 1.59. The highest BCUT2D eigenvalue weighted by molar-refractivity contribution is 5.17. The molecule has 1 rings (SSSR count). The van der Waals surface area contributed by atoms with Crippen molar-refractivity contribution in [3.8, 4) is 5.88 Å². The lowest BCUT2D eigenvalue weighted by Crippen LogP contribution is -2.26. The second-order valence-corrected chi connectivity index (χ2v) is 3.35. The third-order valence-electron chi connectivity index (χ3n) is 2.45. The summed E-state index contributed by atoms with van der Waals surface area (Å²) in [5, 5.41) is 0. The van der Waals surface area contributed by atoms with Crippen molar-refractivity contribution in [2.75, 3.05) is 7.11 Å². The minimum absolute atomic E-state index is 0.134. The smallest absolute Gasteiger partial charge is 0.216 e. The molecule has 14 heavy (non-hydrogen) atoms. The summed E-state index contributed by atoms with van der Waals surface area (Å²) in [6.45, 7) is 4.13. The molecular formula is C10H17N3O. The molecule has 2 unspecified atom stereocenters. The summed E-state index contributed by atoms with van der Waals surface area (Å²) in [5.41, 5.74) is 6.88. The van der Waals surface area contributed by atoms with Crippen LogP contribution in [0.5, 0.6) is 5.88 Å². The fraction of sp³-hybridized carbons (Fsp3) is 0.600. The topological polar surface area (TPSA) is 61.0 Å². The molecule has 78 valence electrons. The van der Waals surface area contributed by atoms with Gasteiger partial charge in [0, 0.05) is 18.0 Å². The summed E-state index contributed by atoms with van der Waals surface area (Å²) in [4.78, 5) is 8.14. The molecule has 0 spiro atoms. The van der Waals surface area contributed by atoms with Gasteiger partial charge in [-0.25, -0.2) is 9.97 Å². The molecule has 1 aromatic heterocycles. The predicted octanol–water partition coefficient (Wildman–Crippen LogP) is 1.33. The van der Waals surface area contributed by atoms with Crippen molar-refractivity contribution in [1.82, 2.24) is 9.97 Å². The molecule has 0 fully saturated rings. The highest BCUT2D eigenvalue weighted by Crippen LogP contribution is 2.19. The number of methoxy groups -OCH3 is 1. The highest BCUT2D eigenvalue weighted by Gasteiger charge is 2.14. The van der Waals surface area contributed by atoms with Crippen molar-refractivity contribution < 1.29 is 4.74 Å². The van der Waals surface area contributed by atoms with Gasteiger partial charge in [0.1, 0.15) is 6.33 Å². The normalized spacial score (nSPS) is 14.9. The first-order valence-electron chi connectivity index (χ1n) is 4.80. The Morgan fingerprint density at radius 2 is 2.21 bits per heavy atom. The van der Waals surface area contributed by atoms with Gasteiger partial charge in [-0.3, -0.25) is 0 Å². The molecule has 0 saturated heterocycles. The lowest BCUT2D eigenvalue weighted by atomic mass is 9.97. The standard InChI is InChI=1S/C10H17N3O/c1-4-8(11)7(2)9-5-10(14-3)13-6-12-9/h5-8H,4,11H2,1-3H3. The molecule has 0 radical (unpaired) electrons. The summed E-state index contributed by atoms with van der Waals surface area (Å²) < 4.78 is 5.03. The fourth-order valence-corrected chi connectivity index (χ4v) is 1.29. The van der Waals surface area contributed by atoms with Gasteiger partial charge in [0.25, 0.3) is 0 Å². The van der Waals surface area contributed by atoms with Crippen LogP contribution in [0.2, 0.25) is 0 Å². The molecule has 4 heteroatoms. The fourth-order valence-electron chi connectivity index (χ4n) is 1.29. The van der Waals surface area contributed by atoms with Crippen LogP contribution in [0.15, 0.2) is 12.4 Å². The maximum atomic E-state index is 5.94. The molecule has 1 heterocycles. The van der Waals surface area contributed by atoms with E-state index in [9.17, 15) is 0 Å². The molecule has 0 aliphatic heterocycles. The second kappa shape index (κ2) is 4.91. The summed E-state index contributed by atoms with van der Waals surface area (Å²) in [6.07, 6.45) is 2.44. The molecule has 2 N–H and O–H groups in total. The summed E-state index contributed by atoms with van der Waals surface area (Å²) in [6, 6.07) is 1.97. The van der Waals surface area contributed by atoms with E-state index in [-0.39, 0.29) is 12.0 Å². The first-order chi connectivity index (χ1) is 6.69. The molecule has 0 saturated carbocycles. The Morgan fingerprint density at radius 3 is 2.79 bits per heavy atom. The zero-order chi connectivity index (χ0) is 10.6. The van der Waals surface area contributed by atoms with Crippen molar-refractivity contribution in [2.24, 2.45) is 5.73 Å². The Balaban J connectivity index is 2.83. The Labute approximate surface area is 84.5 Å². The average Bonchev–Trinajstić information content (AvgIpc) is 2.27. The molecule has 0 aromatic carbocycles. The van der Waals surface area contributed by atoms with Crippen LogP contribution in [-0.4, -0.2) is 23.1 Å². The van der Waals surface area contributed by atoms with Gasteiger partial charge in [-0.15, -0.1) is 0 Å². The highest BCUT2D eigenvalue weighted by atomic mass is 16.5. The first-order valence-corrected chi connectivity index (χ1v) is 4.80. The van der Waals surface area contributed by atoms with Crippen molar-refractivity contribution in [1.29, 1.82) is 0 Å².